The number of nitro benzene ring substituents is 1. The van der Waals surface area contributed by atoms with Crippen LogP contribution in [0.15, 0.2) is 36.4 Å². The van der Waals surface area contributed by atoms with Gasteiger partial charge in [-0.3, -0.25) is 14.9 Å². The van der Waals surface area contributed by atoms with Crippen molar-refractivity contribution in [1.29, 1.82) is 0 Å². The molecule has 0 saturated heterocycles. The third kappa shape index (κ3) is 3.20. The van der Waals surface area contributed by atoms with E-state index in [9.17, 15) is 14.9 Å². The maximum absolute atomic E-state index is 13.6. The smallest absolute Gasteiger partial charge is 0.270 e. The molecule has 4 aromatic rings. The van der Waals surface area contributed by atoms with E-state index >= 15 is 0 Å². The number of benzene rings is 3. The van der Waals surface area contributed by atoms with E-state index in [1.54, 1.807) is 18.2 Å². The second kappa shape index (κ2) is 7.88. The summed E-state index contributed by atoms with van der Waals surface area (Å²) in [5, 5.41) is 12.8. The van der Waals surface area contributed by atoms with Crippen molar-refractivity contribution in [2.45, 2.75) is 13.8 Å². The first kappa shape index (κ1) is 21.2. The Morgan fingerprint density at radius 1 is 0.969 bits per heavy atom. The average Bonchev–Trinajstić information content (AvgIpc) is 3.19. The summed E-state index contributed by atoms with van der Waals surface area (Å²) in [6, 6.07) is 9.74. The molecule has 0 atom stereocenters. The number of ether oxygens (including phenoxy) is 3. The predicted octanol–water partition coefficient (Wildman–Crippen LogP) is 5.10. The first-order valence-electron chi connectivity index (χ1n) is 9.85. The van der Waals surface area contributed by atoms with Gasteiger partial charge in [-0.25, -0.2) is 0 Å². The Hall–Kier alpha value is -4.07. The van der Waals surface area contributed by atoms with E-state index in [-0.39, 0.29) is 11.5 Å². The molecule has 0 unspecified atom stereocenters. The number of hydrogen-bond acceptors (Lipinski definition) is 6. The lowest BCUT2D eigenvalue weighted by atomic mass is 9.93. The highest BCUT2D eigenvalue weighted by Crippen LogP contribution is 2.40. The second-order valence-corrected chi connectivity index (χ2v) is 7.47. The fraction of sp³-hybridized carbons (Fsp3) is 0.208. The van der Waals surface area contributed by atoms with Crippen LogP contribution in [0.1, 0.15) is 27.0 Å². The van der Waals surface area contributed by atoms with Gasteiger partial charge in [0.1, 0.15) is 0 Å². The molecule has 8 heteroatoms. The second-order valence-electron chi connectivity index (χ2n) is 7.47. The highest BCUT2D eigenvalue weighted by Gasteiger charge is 2.22. The minimum atomic E-state index is -0.425. The number of rotatable bonds is 6. The van der Waals surface area contributed by atoms with Crippen LogP contribution in [0.5, 0.6) is 17.2 Å². The molecule has 0 aliphatic rings. The zero-order chi connectivity index (χ0) is 23.2. The number of nitrogens with zero attached hydrogens (tertiary/aromatic N) is 1. The van der Waals surface area contributed by atoms with Crippen LogP contribution in [0, 0.1) is 24.0 Å². The van der Waals surface area contributed by atoms with Gasteiger partial charge in [0, 0.05) is 45.1 Å². The van der Waals surface area contributed by atoms with Crippen LogP contribution in [-0.4, -0.2) is 37.0 Å². The van der Waals surface area contributed by atoms with Crippen molar-refractivity contribution in [3.8, 4) is 17.2 Å². The third-order valence-electron chi connectivity index (χ3n) is 5.70. The van der Waals surface area contributed by atoms with E-state index in [1.807, 2.05) is 19.9 Å². The fourth-order valence-corrected chi connectivity index (χ4v) is 4.11. The molecule has 4 rings (SSSR count). The molecule has 0 fully saturated rings. The van der Waals surface area contributed by atoms with Crippen molar-refractivity contribution in [2.24, 2.45) is 0 Å². The van der Waals surface area contributed by atoms with E-state index in [0.717, 1.165) is 27.5 Å². The maximum Gasteiger partial charge on any atom is 0.270 e. The lowest BCUT2D eigenvalue weighted by Gasteiger charge is -2.15. The quantitative estimate of drug-likeness (QED) is 0.257. The minimum absolute atomic E-state index is 0.00295. The number of non-ortho nitro benzene ring substituents is 1. The average molecular weight is 434 g/mol. The van der Waals surface area contributed by atoms with Crippen LogP contribution >= 0.6 is 0 Å². The van der Waals surface area contributed by atoms with Crippen molar-refractivity contribution in [3.63, 3.8) is 0 Å². The first-order chi connectivity index (χ1) is 15.3. The Kier molecular flexibility index (Phi) is 5.22. The lowest BCUT2D eigenvalue weighted by molar-refractivity contribution is -0.384. The van der Waals surface area contributed by atoms with Gasteiger partial charge >= 0.3 is 0 Å². The fourth-order valence-electron chi connectivity index (χ4n) is 4.11. The zero-order valence-corrected chi connectivity index (χ0v) is 18.4. The SMILES string of the molecule is COc1cc(C(=O)c2cc(C)c3[nH]c4ccc([N+](=O)[O-])cc4c3c2C)cc(OC)c1OC. The number of carbonyl (C=O) groups excluding carboxylic acids is 1. The highest BCUT2D eigenvalue weighted by atomic mass is 16.6. The van der Waals surface area contributed by atoms with Crippen LogP contribution in [0.2, 0.25) is 0 Å². The van der Waals surface area contributed by atoms with Gasteiger partial charge in [-0.1, -0.05) is 0 Å². The molecule has 0 spiro atoms. The van der Waals surface area contributed by atoms with Crippen LogP contribution in [0.25, 0.3) is 21.8 Å². The predicted molar refractivity (Wildman–Crippen MR) is 121 cm³/mol. The van der Waals surface area contributed by atoms with Gasteiger partial charge in [-0.05, 0) is 49.2 Å². The molecule has 3 aromatic carbocycles. The van der Waals surface area contributed by atoms with Gasteiger partial charge in [0.2, 0.25) is 5.75 Å². The van der Waals surface area contributed by atoms with Crippen molar-refractivity contribution < 1.29 is 23.9 Å². The Morgan fingerprint density at radius 2 is 1.62 bits per heavy atom. The van der Waals surface area contributed by atoms with Gasteiger partial charge in [0.25, 0.3) is 5.69 Å². The number of fused-ring (bicyclic) bond motifs is 3. The number of ketones is 1. The molecule has 0 amide bonds. The normalized spacial score (nSPS) is 11.0. The molecule has 32 heavy (non-hydrogen) atoms. The summed E-state index contributed by atoms with van der Waals surface area (Å²) in [7, 11) is 4.48. The number of methoxy groups -OCH3 is 3. The Balaban J connectivity index is 1.96. The summed E-state index contributed by atoms with van der Waals surface area (Å²) in [4.78, 5) is 27.8. The summed E-state index contributed by atoms with van der Waals surface area (Å²) < 4.78 is 16.1. The molecule has 1 heterocycles. The lowest BCUT2D eigenvalue weighted by Crippen LogP contribution is -2.07. The van der Waals surface area contributed by atoms with E-state index in [2.05, 4.69) is 4.98 Å². The summed E-state index contributed by atoms with van der Waals surface area (Å²) >= 11 is 0. The van der Waals surface area contributed by atoms with Gasteiger partial charge in [0.05, 0.1) is 26.3 Å². The van der Waals surface area contributed by atoms with E-state index in [4.69, 9.17) is 14.2 Å². The van der Waals surface area contributed by atoms with Gasteiger partial charge in [-0.2, -0.15) is 0 Å². The standard InChI is InChI=1S/C24H22N2O6/c1-12-8-16(23(27)14-9-19(30-3)24(32-5)20(10-14)31-4)13(2)21-17-11-15(26(28)29)6-7-18(17)25-22(12)21/h6-11,25H,1-5H3. The van der Waals surface area contributed by atoms with E-state index in [1.165, 1.54) is 33.5 Å². The number of aromatic nitrogens is 1. The number of aromatic amines is 1. The molecular weight excluding hydrogens is 412 g/mol. The summed E-state index contributed by atoms with van der Waals surface area (Å²) in [5.74, 6) is 0.951. The minimum Gasteiger partial charge on any atom is -0.493 e. The first-order valence-corrected chi connectivity index (χ1v) is 9.85. The van der Waals surface area contributed by atoms with Gasteiger partial charge < -0.3 is 19.2 Å². The number of aryl methyl sites for hydroxylation is 2. The molecule has 164 valence electrons. The molecule has 0 bridgehead atoms. The monoisotopic (exact) mass is 434 g/mol. The van der Waals surface area contributed by atoms with Crippen LogP contribution in [-0.2, 0) is 0 Å². The number of H-pyrrole nitrogens is 1. The van der Waals surface area contributed by atoms with E-state index < -0.39 is 4.92 Å². The Labute approximate surface area is 183 Å². The summed E-state index contributed by atoms with van der Waals surface area (Å²) in [6.07, 6.45) is 0. The number of hydrogen-bond donors (Lipinski definition) is 1. The number of nitrogens with one attached hydrogen (secondary N) is 1. The molecule has 1 N–H and O–H groups in total. The third-order valence-corrected chi connectivity index (χ3v) is 5.70. The molecule has 0 aliphatic carbocycles. The van der Waals surface area contributed by atoms with Crippen LogP contribution in [0.4, 0.5) is 5.69 Å². The van der Waals surface area contributed by atoms with Crippen molar-refractivity contribution in [1.82, 2.24) is 4.98 Å². The summed E-state index contributed by atoms with van der Waals surface area (Å²) in [6.45, 7) is 3.75. The Morgan fingerprint density at radius 3 is 2.19 bits per heavy atom. The van der Waals surface area contributed by atoms with Gasteiger partial charge in [-0.15, -0.1) is 0 Å². The molecule has 1 aromatic heterocycles. The maximum atomic E-state index is 13.6. The number of nitro groups is 1. The largest absolute Gasteiger partial charge is 0.493 e. The van der Waals surface area contributed by atoms with Gasteiger partial charge in [0.15, 0.2) is 17.3 Å². The van der Waals surface area contributed by atoms with Crippen LogP contribution in [0.3, 0.4) is 0 Å². The molecular formula is C24H22N2O6. The molecule has 0 saturated carbocycles. The molecule has 0 radical (unpaired) electrons. The number of carbonyl (C=O) groups is 1. The molecule has 0 aliphatic heterocycles. The Bertz CT molecular complexity index is 1380. The van der Waals surface area contributed by atoms with Crippen molar-refractivity contribution in [3.05, 3.63) is 68.8 Å². The van der Waals surface area contributed by atoms with Crippen molar-refractivity contribution in [2.75, 3.05) is 21.3 Å². The van der Waals surface area contributed by atoms with Crippen LogP contribution < -0.4 is 14.2 Å². The highest BCUT2D eigenvalue weighted by molar-refractivity contribution is 6.17. The topological polar surface area (TPSA) is 104 Å². The molecule has 8 nitrogen and oxygen atoms in total. The van der Waals surface area contributed by atoms with Crippen molar-refractivity contribution >= 4 is 33.3 Å². The van der Waals surface area contributed by atoms with E-state index in [0.29, 0.717) is 33.8 Å². The zero-order valence-electron chi connectivity index (χ0n) is 18.4. The summed E-state index contributed by atoms with van der Waals surface area (Å²) in [5.41, 5.74) is 4.09.